The molecule has 0 aromatic carbocycles. The average Bonchev–Trinajstić information content (AvgIpc) is 3.58. The summed E-state index contributed by atoms with van der Waals surface area (Å²) >= 11 is 0. The van der Waals surface area contributed by atoms with Crippen molar-refractivity contribution in [2.75, 3.05) is 53.4 Å². The van der Waals surface area contributed by atoms with Gasteiger partial charge in [-0.05, 0) is 12.8 Å². The molecule has 0 aliphatic carbocycles. The van der Waals surface area contributed by atoms with Crippen LogP contribution >= 0.6 is 7.82 Å². The van der Waals surface area contributed by atoms with Crippen molar-refractivity contribution in [2.24, 2.45) is 0 Å². The van der Waals surface area contributed by atoms with E-state index in [0.717, 1.165) is 0 Å². The topological polar surface area (TPSA) is 595 Å². The Kier molecular flexibility index (Phi) is 26.4. The fourth-order valence-corrected chi connectivity index (χ4v) is 9.85. The van der Waals surface area contributed by atoms with Gasteiger partial charge in [-0.3, -0.25) is 20.4 Å². The molecule has 6 saturated heterocycles. The van der Waals surface area contributed by atoms with Crippen LogP contribution in [0.1, 0.15) is 26.2 Å². The van der Waals surface area contributed by atoms with Crippen molar-refractivity contribution in [3.05, 3.63) is 0 Å². The second kappa shape index (κ2) is 31.3. The molecule has 6 aliphatic heterocycles. The number of ether oxygens (including phenoxy) is 13. The molecule has 83 heavy (non-hydrogen) atoms. The first-order valence-electron chi connectivity index (χ1n) is 26.1. The lowest BCUT2D eigenvalue weighted by molar-refractivity contribution is -0.392. The highest BCUT2D eigenvalue weighted by atomic mass is 31.2. The van der Waals surface area contributed by atoms with Crippen LogP contribution in [-0.2, 0) is 80.3 Å². The highest BCUT2D eigenvalue weighted by Crippen LogP contribution is 2.36. The van der Waals surface area contributed by atoms with Gasteiger partial charge in [0.2, 0.25) is 5.91 Å². The molecule has 6 aliphatic rings. The van der Waals surface area contributed by atoms with Gasteiger partial charge in [-0.1, -0.05) is 6.92 Å². The number of amides is 2. The van der Waals surface area contributed by atoms with Crippen LogP contribution in [0.5, 0.6) is 0 Å². The van der Waals surface area contributed by atoms with Crippen molar-refractivity contribution >= 4 is 19.6 Å². The minimum atomic E-state index is -5.72. The Hall–Kier alpha value is -2.15. The van der Waals surface area contributed by atoms with Crippen LogP contribution in [0, 0.1) is 0 Å². The van der Waals surface area contributed by atoms with E-state index in [1.54, 1.807) is 6.92 Å². The largest absolute Gasteiger partial charge is 0.790 e. The normalized spacial score (nSPS) is 45.4. The summed E-state index contributed by atoms with van der Waals surface area (Å²) in [7, 11) is -4.49. The number of hydrazine groups is 1. The van der Waals surface area contributed by atoms with E-state index in [0.29, 0.717) is 0 Å². The van der Waals surface area contributed by atoms with Crippen LogP contribution in [0.4, 0.5) is 0 Å². The summed E-state index contributed by atoms with van der Waals surface area (Å²) in [6.07, 6.45) is -58.9. The monoisotopic (exact) mass is 1240 g/mol. The zero-order valence-electron chi connectivity index (χ0n) is 44.2. The van der Waals surface area contributed by atoms with Gasteiger partial charge in [0.15, 0.2) is 37.7 Å². The highest BCUT2D eigenvalue weighted by Gasteiger charge is 2.56. The van der Waals surface area contributed by atoms with Gasteiger partial charge in [0, 0.05) is 13.5 Å². The maximum Gasteiger partial charge on any atom is 0.264 e. The standard InChI is InChI=1S/C44H77N2O36P/c1-3-13-21(51)27(57)33(63)41(74-13)81-37-30(60)22(52)14(7-47)75-43(37)72-9-16-24(54)28(58)32(62)39(77-16)71-10-17-26(56)36(35(65)40(78-17)70-6-4-5-19(49)45-46-20(50)12-69-2)80-44-38(31(61)23(53)15(8-48)76-44)82-42-34(64)29(59)25(55)18(79-42)11-73-83(66,67)68/h13-18,21-44,47-48,51-65H,3-12H2,1-2H3,(H,45,49)(H,46,50)(H2,66,67,68)/p-2/t13?,14?,15?,16?,17?,18?,21-,22-,23-,24-,25-,26-,27-,28-,29-,30-,31-,32?,33?,34?,35?,36-,37?,38?,39+,40+,41-,42-,43+,44-/m0/s1. The Morgan fingerprint density at radius 1 is 0.446 bits per heavy atom. The maximum absolute atomic E-state index is 12.4. The number of hydrogen-bond donors (Lipinski definition) is 19. The number of carbonyl (C=O) groups is 2. The number of nitrogens with one attached hydrogen (secondary N) is 2. The maximum atomic E-state index is 12.4. The fraction of sp³-hybridized carbons (Fsp3) is 0.955. The number of phosphoric acid groups is 1. The first-order chi connectivity index (χ1) is 39.2. The van der Waals surface area contributed by atoms with E-state index in [2.05, 4.69) is 20.1 Å². The molecule has 0 saturated carbocycles. The van der Waals surface area contributed by atoms with Gasteiger partial charge in [-0.15, -0.1) is 0 Å². The minimum Gasteiger partial charge on any atom is -0.790 e. The van der Waals surface area contributed by atoms with E-state index >= 15 is 0 Å². The molecule has 0 aromatic rings. The van der Waals surface area contributed by atoms with Crippen molar-refractivity contribution in [1.82, 2.24) is 10.9 Å². The van der Waals surface area contributed by atoms with Gasteiger partial charge in [-0.25, -0.2) is 0 Å². The SMILES string of the molecule is CCC1O[C@@H](OC2[C@H](OCC3O[C@@H](OCC4O[C@@H](OCCCC(=O)NNC(=O)COC)C(O)[C@@H](O[C@@H]5OC(CO)[C@H](O)[C@H](O)C5O[C@@H]5OC(COP(=O)([O-])[O-])[C@H](O)[C@H](O)C5O)[C@H]4O)C(O)[C@@H](O)[C@H]3O)OC(CO)[C@H](O)[C@@H]2O)C(O)[C@@H](O)[C@H]1O. The lowest BCUT2D eigenvalue weighted by atomic mass is 9.96. The molecule has 0 radical (unpaired) electrons. The van der Waals surface area contributed by atoms with Crippen LogP contribution in [0.15, 0.2) is 0 Å². The number of rotatable bonds is 25. The molecule has 2 amide bonds. The lowest BCUT2D eigenvalue weighted by Crippen LogP contribution is -2.67. The fourth-order valence-electron chi connectivity index (χ4n) is 9.52. The Bertz CT molecular complexity index is 2040. The van der Waals surface area contributed by atoms with Crippen LogP contribution in [0.2, 0.25) is 0 Å². The van der Waals surface area contributed by atoms with Gasteiger partial charge in [-0.2, -0.15) is 0 Å². The Morgan fingerprint density at radius 3 is 1.36 bits per heavy atom. The summed E-state index contributed by atoms with van der Waals surface area (Å²) in [4.78, 5) is 46.5. The zero-order chi connectivity index (χ0) is 61.4. The number of hydrogen-bond acceptors (Lipinski definition) is 36. The van der Waals surface area contributed by atoms with Crippen LogP contribution in [0.3, 0.4) is 0 Å². The van der Waals surface area contributed by atoms with E-state index in [1.165, 1.54) is 7.11 Å². The van der Waals surface area contributed by atoms with E-state index < -0.39 is 244 Å². The van der Waals surface area contributed by atoms with Crippen molar-refractivity contribution in [1.29, 1.82) is 0 Å². The summed E-state index contributed by atoms with van der Waals surface area (Å²) < 4.78 is 88.4. The molecular formula is C44H75N2O36P-2. The molecule has 30 atom stereocenters. The van der Waals surface area contributed by atoms with E-state index in [1.807, 2.05) is 0 Å². The van der Waals surface area contributed by atoms with Crippen molar-refractivity contribution in [2.45, 2.75) is 210 Å². The number of methoxy groups -OCH3 is 1. The summed E-state index contributed by atoms with van der Waals surface area (Å²) in [6.45, 7) is -4.23. The Morgan fingerprint density at radius 2 is 0.843 bits per heavy atom. The van der Waals surface area contributed by atoms with Crippen LogP contribution in [-0.4, -0.2) is 336 Å². The molecule has 19 N–H and O–H groups in total. The summed E-state index contributed by atoms with van der Waals surface area (Å²) in [6, 6.07) is 0. The predicted molar refractivity (Wildman–Crippen MR) is 250 cm³/mol. The van der Waals surface area contributed by atoms with Crippen LogP contribution in [0.25, 0.3) is 0 Å². The van der Waals surface area contributed by atoms with Crippen molar-refractivity contribution in [3.63, 3.8) is 0 Å². The third kappa shape index (κ3) is 17.4. The Labute approximate surface area is 470 Å². The third-order valence-corrected chi connectivity index (χ3v) is 14.7. The molecule has 484 valence electrons. The number of phosphoric ester groups is 1. The number of aliphatic hydroxyl groups excluding tert-OH is 17. The van der Waals surface area contributed by atoms with E-state index in [9.17, 15) is 111 Å². The molecule has 6 fully saturated rings. The van der Waals surface area contributed by atoms with Crippen molar-refractivity contribution in [3.8, 4) is 0 Å². The van der Waals surface area contributed by atoms with E-state index in [4.69, 9.17) is 56.8 Å². The zero-order valence-corrected chi connectivity index (χ0v) is 45.1. The molecule has 0 aromatic heterocycles. The second-order valence-electron chi connectivity index (χ2n) is 20.1. The highest BCUT2D eigenvalue weighted by molar-refractivity contribution is 7.43. The smallest absolute Gasteiger partial charge is 0.264 e. The second-order valence-corrected chi connectivity index (χ2v) is 21.3. The predicted octanol–water partition coefficient (Wildman–Crippen LogP) is -14.2. The first kappa shape index (κ1) is 69.9. The Balaban J connectivity index is 1.20. The summed E-state index contributed by atoms with van der Waals surface area (Å²) in [5.74, 6) is -1.42. The van der Waals surface area contributed by atoms with Gasteiger partial charge in [0.1, 0.15) is 147 Å². The van der Waals surface area contributed by atoms with Gasteiger partial charge >= 0.3 is 0 Å². The van der Waals surface area contributed by atoms with Gasteiger partial charge < -0.3 is 167 Å². The summed E-state index contributed by atoms with van der Waals surface area (Å²) in [5, 5.41) is 184. The molecule has 39 heteroatoms. The number of carbonyl (C=O) groups excluding carboxylic acids is 2. The minimum absolute atomic E-state index is 0.110. The molecule has 0 spiro atoms. The first-order valence-corrected chi connectivity index (χ1v) is 27.5. The van der Waals surface area contributed by atoms with Gasteiger partial charge in [0.25, 0.3) is 5.91 Å². The quantitative estimate of drug-likeness (QED) is 0.0229. The molecule has 6 heterocycles. The average molecular weight is 1240 g/mol. The lowest BCUT2D eigenvalue weighted by Gasteiger charge is -2.49. The number of aliphatic hydroxyl groups is 17. The van der Waals surface area contributed by atoms with Crippen molar-refractivity contribution < 1.29 is 177 Å². The third-order valence-electron chi connectivity index (χ3n) is 14.3. The molecule has 0 bridgehead atoms. The molecule has 12 unspecified atom stereocenters. The molecule has 6 rings (SSSR count). The molecule has 38 nitrogen and oxygen atoms in total. The molecular weight excluding hydrogens is 1160 g/mol. The van der Waals surface area contributed by atoms with E-state index in [-0.39, 0.29) is 25.9 Å². The summed E-state index contributed by atoms with van der Waals surface area (Å²) in [5.41, 5.74) is 4.22. The van der Waals surface area contributed by atoms with Gasteiger partial charge in [0.05, 0.1) is 53.6 Å². The van der Waals surface area contributed by atoms with Crippen LogP contribution < -0.4 is 20.6 Å².